The number of nitrogens with one attached hydrogen (secondary N) is 1. The summed E-state index contributed by atoms with van der Waals surface area (Å²) < 4.78 is 0. The fraction of sp³-hybridized carbons (Fsp3) is 1.00. The van der Waals surface area contributed by atoms with E-state index in [-0.39, 0.29) is 0 Å². The van der Waals surface area contributed by atoms with Crippen LogP contribution in [0.5, 0.6) is 0 Å². The molecule has 0 radical (unpaired) electrons. The molecule has 3 heteroatoms. The Labute approximate surface area is 98.2 Å². The van der Waals surface area contributed by atoms with E-state index >= 15 is 0 Å². The van der Waals surface area contributed by atoms with Crippen molar-refractivity contribution in [2.24, 2.45) is 11.8 Å². The summed E-state index contributed by atoms with van der Waals surface area (Å²) in [6, 6.07) is 0.767. The summed E-state index contributed by atoms with van der Waals surface area (Å²) in [5, 5.41) is 3.60. The van der Waals surface area contributed by atoms with Crippen LogP contribution in [0.15, 0.2) is 0 Å². The lowest BCUT2D eigenvalue weighted by molar-refractivity contribution is 0.296. The third-order valence-electron chi connectivity index (χ3n) is 3.68. The van der Waals surface area contributed by atoms with Gasteiger partial charge in [0.25, 0.3) is 0 Å². The van der Waals surface area contributed by atoms with Gasteiger partial charge >= 0.3 is 0 Å². The molecule has 0 amide bonds. The van der Waals surface area contributed by atoms with Crippen molar-refractivity contribution in [3.05, 3.63) is 0 Å². The van der Waals surface area contributed by atoms with Crippen molar-refractivity contribution in [2.75, 3.05) is 38.2 Å². The number of thioether (sulfide) groups is 1. The van der Waals surface area contributed by atoms with E-state index in [0.29, 0.717) is 0 Å². The van der Waals surface area contributed by atoms with Gasteiger partial charge in [-0.2, -0.15) is 11.8 Å². The molecule has 15 heavy (non-hydrogen) atoms. The fourth-order valence-corrected chi connectivity index (χ4v) is 3.32. The van der Waals surface area contributed by atoms with Crippen molar-refractivity contribution in [1.82, 2.24) is 10.2 Å². The Balaban J connectivity index is 1.55. The molecule has 1 N–H and O–H groups in total. The summed E-state index contributed by atoms with van der Waals surface area (Å²) in [5.41, 5.74) is 0. The van der Waals surface area contributed by atoms with E-state index in [1.807, 2.05) is 0 Å². The summed E-state index contributed by atoms with van der Waals surface area (Å²) in [6.07, 6.45) is 2.78. The third kappa shape index (κ3) is 3.97. The summed E-state index contributed by atoms with van der Waals surface area (Å²) >= 11 is 2.10. The van der Waals surface area contributed by atoms with Crippen LogP contribution in [0.1, 0.15) is 19.8 Å². The zero-order chi connectivity index (χ0) is 10.7. The van der Waals surface area contributed by atoms with E-state index in [2.05, 4.69) is 35.9 Å². The molecule has 1 aliphatic carbocycles. The quantitative estimate of drug-likeness (QED) is 0.770. The fourth-order valence-electron chi connectivity index (χ4n) is 2.33. The first-order valence-corrected chi connectivity index (χ1v) is 7.41. The van der Waals surface area contributed by atoms with Gasteiger partial charge in [-0.1, -0.05) is 6.92 Å². The van der Waals surface area contributed by atoms with Gasteiger partial charge in [0.15, 0.2) is 0 Å². The lowest BCUT2D eigenvalue weighted by Crippen LogP contribution is -2.39. The lowest BCUT2D eigenvalue weighted by Gasteiger charge is -2.25. The van der Waals surface area contributed by atoms with Crippen LogP contribution in [0.3, 0.4) is 0 Å². The molecule has 0 aromatic carbocycles. The molecule has 1 heterocycles. The Bertz CT molecular complexity index is 192. The molecular weight excluding hydrogens is 204 g/mol. The minimum Gasteiger partial charge on any atom is -0.312 e. The maximum Gasteiger partial charge on any atom is 0.0170 e. The third-order valence-corrected chi connectivity index (χ3v) is 4.81. The Morgan fingerprint density at radius 2 is 2.27 bits per heavy atom. The van der Waals surface area contributed by atoms with Crippen LogP contribution in [0, 0.1) is 11.8 Å². The van der Waals surface area contributed by atoms with Gasteiger partial charge in [-0.3, -0.25) is 0 Å². The van der Waals surface area contributed by atoms with Gasteiger partial charge in [0.1, 0.15) is 0 Å². The molecule has 2 rings (SSSR count). The van der Waals surface area contributed by atoms with Gasteiger partial charge in [-0.25, -0.2) is 0 Å². The van der Waals surface area contributed by atoms with Crippen LogP contribution in [-0.4, -0.2) is 49.1 Å². The highest BCUT2D eigenvalue weighted by Gasteiger charge is 2.32. The van der Waals surface area contributed by atoms with Crippen molar-refractivity contribution >= 4 is 11.8 Å². The van der Waals surface area contributed by atoms with Gasteiger partial charge in [-0.15, -0.1) is 0 Å². The van der Waals surface area contributed by atoms with Crippen LogP contribution in [-0.2, 0) is 0 Å². The van der Waals surface area contributed by atoms with Gasteiger partial charge in [-0.05, 0) is 38.3 Å². The van der Waals surface area contributed by atoms with E-state index in [1.165, 1.54) is 44.0 Å². The predicted octanol–water partition coefficient (Wildman–Crippen LogP) is 1.67. The van der Waals surface area contributed by atoms with E-state index in [9.17, 15) is 0 Å². The topological polar surface area (TPSA) is 15.3 Å². The summed E-state index contributed by atoms with van der Waals surface area (Å²) in [6.45, 7) is 6.17. The van der Waals surface area contributed by atoms with Crippen molar-refractivity contribution in [2.45, 2.75) is 25.8 Å². The molecular formula is C12H24N2S. The first kappa shape index (κ1) is 11.7. The van der Waals surface area contributed by atoms with Crippen LogP contribution >= 0.6 is 11.8 Å². The number of hydrogen-bond donors (Lipinski definition) is 1. The molecule has 0 aromatic heterocycles. The molecule has 1 aliphatic heterocycles. The summed E-state index contributed by atoms with van der Waals surface area (Å²) in [5.74, 6) is 4.61. The highest BCUT2D eigenvalue weighted by Crippen LogP contribution is 2.37. The zero-order valence-electron chi connectivity index (χ0n) is 10.0. The molecule has 2 fully saturated rings. The van der Waals surface area contributed by atoms with Gasteiger partial charge < -0.3 is 10.2 Å². The summed E-state index contributed by atoms with van der Waals surface area (Å²) in [7, 11) is 2.28. The first-order valence-electron chi connectivity index (χ1n) is 6.25. The Kier molecular flexibility index (Phi) is 4.35. The summed E-state index contributed by atoms with van der Waals surface area (Å²) in [4.78, 5) is 2.52. The van der Waals surface area contributed by atoms with E-state index < -0.39 is 0 Å². The minimum absolute atomic E-state index is 0.767. The van der Waals surface area contributed by atoms with Gasteiger partial charge in [0.2, 0.25) is 0 Å². The van der Waals surface area contributed by atoms with Crippen LogP contribution in [0.2, 0.25) is 0 Å². The van der Waals surface area contributed by atoms with Crippen molar-refractivity contribution in [3.8, 4) is 0 Å². The monoisotopic (exact) mass is 228 g/mol. The van der Waals surface area contributed by atoms with E-state index in [4.69, 9.17) is 0 Å². The average molecular weight is 228 g/mol. The normalized spacial score (nSPS) is 35.8. The maximum absolute atomic E-state index is 3.60. The molecule has 2 aliphatic rings. The molecule has 3 unspecified atom stereocenters. The Morgan fingerprint density at radius 1 is 1.47 bits per heavy atom. The largest absolute Gasteiger partial charge is 0.312 e. The molecule has 3 atom stereocenters. The molecule has 1 saturated heterocycles. The first-order chi connectivity index (χ1) is 7.25. The smallest absolute Gasteiger partial charge is 0.0170 e. The number of rotatable bonds is 5. The maximum atomic E-state index is 3.60. The molecule has 1 saturated carbocycles. The second-order valence-electron chi connectivity index (χ2n) is 5.25. The molecule has 88 valence electrons. The lowest BCUT2D eigenvalue weighted by atomic mass is 10.2. The van der Waals surface area contributed by atoms with Crippen LogP contribution in [0.25, 0.3) is 0 Å². The van der Waals surface area contributed by atoms with Crippen LogP contribution < -0.4 is 5.32 Å². The highest BCUT2D eigenvalue weighted by atomic mass is 32.2. The molecule has 0 aromatic rings. The second kappa shape index (κ2) is 5.55. The SMILES string of the molecule is CC1CC1CN(C)CCC1CSCCN1. The standard InChI is InChI=1S/C12H24N2S/c1-10-7-11(10)8-14(2)5-3-12-9-15-6-4-13-12/h10-13H,3-9H2,1-2H3. The minimum atomic E-state index is 0.767. The zero-order valence-corrected chi connectivity index (χ0v) is 10.9. The van der Waals surface area contributed by atoms with E-state index in [0.717, 1.165) is 17.9 Å². The predicted molar refractivity (Wildman–Crippen MR) is 68.5 cm³/mol. The Morgan fingerprint density at radius 3 is 2.87 bits per heavy atom. The molecule has 0 spiro atoms. The van der Waals surface area contributed by atoms with Gasteiger partial charge in [0.05, 0.1) is 0 Å². The number of hydrogen-bond acceptors (Lipinski definition) is 3. The van der Waals surface area contributed by atoms with E-state index in [1.54, 1.807) is 0 Å². The van der Waals surface area contributed by atoms with Crippen LogP contribution in [0.4, 0.5) is 0 Å². The van der Waals surface area contributed by atoms with Gasteiger partial charge in [0, 0.05) is 30.6 Å². The molecule has 2 nitrogen and oxygen atoms in total. The highest BCUT2D eigenvalue weighted by molar-refractivity contribution is 7.99. The Hall–Kier alpha value is 0.270. The van der Waals surface area contributed by atoms with Crippen molar-refractivity contribution < 1.29 is 0 Å². The average Bonchev–Trinajstić information content (AvgIpc) is 2.93. The van der Waals surface area contributed by atoms with Crippen molar-refractivity contribution in [1.29, 1.82) is 0 Å². The molecule has 0 bridgehead atoms. The second-order valence-corrected chi connectivity index (χ2v) is 6.40. The number of nitrogens with zero attached hydrogens (tertiary/aromatic N) is 1. The van der Waals surface area contributed by atoms with Crippen molar-refractivity contribution in [3.63, 3.8) is 0 Å².